The van der Waals surface area contributed by atoms with Crippen LogP contribution < -0.4 is 10.0 Å². The fourth-order valence-electron chi connectivity index (χ4n) is 2.09. The second kappa shape index (κ2) is 5.28. The number of nitro groups is 1. The van der Waals surface area contributed by atoms with Crippen LogP contribution in [0.25, 0.3) is 0 Å². The van der Waals surface area contributed by atoms with Gasteiger partial charge in [0.15, 0.2) is 0 Å². The molecule has 0 bridgehead atoms. The molecule has 1 fully saturated rings. The minimum Gasteiger partial charge on any atom is -0.315 e. The minimum atomic E-state index is -3.92. The van der Waals surface area contributed by atoms with Crippen molar-refractivity contribution in [1.82, 2.24) is 10.0 Å². The quantitative estimate of drug-likeness (QED) is 0.643. The highest BCUT2D eigenvalue weighted by molar-refractivity contribution is 7.89. The van der Waals surface area contributed by atoms with Crippen LogP contribution >= 0.6 is 11.6 Å². The molecule has 1 aromatic carbocycles. The molecular formula is C11H14ClN3O4S. The molecule has 1 aliphatic rings. The molecule has 1 atom stereocenters. The van der Waals surface area contributed by atoms with Gasteiger partial charge in [-0.2, -0.15) is 0 Å². The first-order chi connectivity index (χ1) is 9.23. The maximum absolute atomic E-state index is 12.3. The normalized spacial score (nSPS) is 22.9. The number of hydrogen-bond donors (Lipinski definition) is 2. The molecule has 0 aliphatic carbocycles. The SMILES string of the molecule is CC1(NS(=O)(=O)c2cc([N+](=O)[O-])ccc2Cl)CCNC1. The summed E-state index contributed by atoms with van der Waals surface area (Å²) in [5.74, 6) is 0. The Morgan fingerprint density at radius 2 is 2.20 bits per heavy atom. The van der Waals surface area contributed by atoms with Gasteiger partial charge >= 0.3 is 0 Å². The van der Waals surface area contributed by atoms with Crippen molar-refractivity contribution < 1.29 is 13.3 Å². The predicted octanol–water partition coefficient (Wildman–Crippen LogP) is 1.28. The van der Waals surface area contributed by atoms with E-state index in [2.05, 4.69) is 10.0 Å². The molecule has 1 aliphatic heterocycles. The zero-order valence-corrected chi connectivity index (χ0v) is 12.3. The highest BCUT2D eigenvalue weighted by Gasteiger charge is 2.34. The highest BCUT2D eigenvalue weighted by atomic mass is 35.5. The largest absolute Gasteiger partial charge is 0.315 e. The Bertz CT molecular complexity index is 641. The summed E-state index contributed by atoms with van der Waals surface area (Å²) in [6.45, 7) is 2.98. The predicted molar refractivity (Wildman–Crippen MR) is 74.3 cm³/mol. The van der Waals surface area contributed by atoms with Crippen molar-refractivity contribution in [1.29, 1.82) is 0 Å². The lowest BCUT2D eigenvalue weighted by Gasteiger charge is -2.24. The Morgan fingerprint density at radius 3 is 2.75 bits per heavy atom. The Morgan fingerprint density at radius 1 is 1.50 bits per heavy atom. The molecule has 9 heteroatoms. The number of nitrogens with zero attached hydrogens (tertiary/aromatic N) is 1. The maximum atomic E-state index is 12.3. The lowest BCUT2D eigenvalue weighted by atomic mass is 10.0. The van der Waals surface area contributed by atoms with Crippen LogP contribution in [0.15, 0.2) is 23.1 Å². The van der Waals surface area contributed by atoms with Gasteiger partial charge in [0.05, 0.1) is 9.95 Å². The van der Waals surface area contributed by atoms with Crippen molar-refractivity contribution >= 4 is 27.3 Å². The summed E-state index contributed by atoms with van der Waals surface area (Å²) in [6.07, 6.45) is 0.638. The van der Waals surface area contributed by atoms with E-state index in [9.17, 15) is 18.5 Å². The van der Waals surface area contributed by atoms with Crippen molar-refractivity contribution in [3.8, 4) is 0 Å². The first-order valence-corrected chi connectivity index (χ1v) is 7.78. The van der Waals surface area contributed by atoms with Crippen LogP contribution in [-0.2, 0) is 10.0 Å². The smallest absolute Gasteiger partial charge is 0.270 e. The zero-order chi connectivity index (χ0) is 15.0. The van der Waals surface area contributed by atoms with Crippen LogP contribution in [0.1, 0.15) is 13.3 Å². The molecule has 0 spiro atoms. The number of nitro benzene ring substituents is 1. The third-order valence-corrected chi connectivity index (χ3v) is 5.28. The second-order valence-electron chi connectivity index (χ2n) is 4.96. The van der Waals surface area contributed by atoms with Crippen molar-refractivity contribution in [2.75, 3.05) is 13.1 Å². The molecule has 0 saturated carbocycles. The van der Waals surface area contributed by atoms with E-state index >= 15 is 0 Å². The Kier molecular flexibility index (Phi) is 4.01. The number of rotatable bonds is 4. The van der Waals surface area contributed by atoms with Crippen LogP contribution in [-0.4, -0.2) is 32.0 Å². The third kappa shape index (κ3) is 3.09. The fourth-order valence-corrected chi connectivity index (χ4v) is 4.05. The molecule has 110 valence electrons. The van der Waals surface area contributed by atoms with Crippen LogP contribution in [0, 0.1) is 10.1 Å². The van der Waals surface area contributed by atoms with Gasteiger partial charge < -0.3 is 5.32 Å². The first-order valence-electron chi connectivity index (χ1n) is 5.92. The van der Waals surface area contributed by atoms with Gasteiger partial charge in [-0.1, -0.05) is 11.6 Å². The van der Waals surface area contributed by atoms with Crippen LogP contribution in [0.4, 0.5) is 5.69 Å². The Hall–Kier alpha value is -1.22. The maximum Gasteiger partial charge on any atom is 0.270 e. The number of halogens is 1. The fraction of sp³-hybridized carbons (Fsp3) is 0.455. The Balaban J connectivity index is 2.38. The van der Waals surface area contributed by atoms with E-state index in [1.165, 1.54) is 12.1 Å². The molecule has 7 nitrogen and oxygen atoms in total. The van der Waals surface area contributed by atoms with Gasteiger partial charge in [0, 0.05) is 24.2 Å². The molecule has 1 saturated heterocycles. The average Bonchev–Trinajstić information content (AvgIpc) is 2.74. The van der Waals surface area contributed by atoms with E-state index in [-0.39, 0.29) is 15.6 Å². The van der Waals surface area contributed by atoms with E-state index < -0.39 is 20.5 Å². The molecule has 1 unspecified atom stereocenters. The monoisotopic (exact) mass is 319 g/mol. The zero-order valence-electron chi connectivity index (χ0n) is 10.7. The molecule has 20 heavy (non-hydrogen) atoms. The third-order valence-electron chi connectivity index (χ3n) is 3.16. The standard InChI is InChI=1S/C11H14ClN3O4S/c1-11(4-5-13-7-11)14-20(18,19)10-6-8(15(16)17)2-3-9(10)12/h2-3,6,13-14H,4-5,7H2,1H3. The number of benzene rings is 1. The highest BCUT2D eigenvalue weighted by Crippen LogP contribution is 2.27. The summed E-state index contributed by atoms with van der Waals surface area (Å²) < 4.78 is 27.2. The molecule has 1 heterocycles. The van der Waals surface area contributed by atoms with Crippen molar-refractivity contribution in [2.24, 2.45) is 0 Å². The second-order valence-corrected chi connectivity index (χ2v) is 7.02. The number of non-ortho nitro benzene ring substituents is 1. The van der Waals surface area contributed by atoms with E-state index in [1.54, 1.807) is 6.92 Å². The van der Waals surface area contributed by atoms with Crippen molar-refractivity contribution in [3.05, 3.63) is 33.3 Å². The first kappa shape index (κ1) is 15.2. The van der Waals surface area contributed by atoms with Crippen LogP contribution in [0.3, 0.4) is 0 Å². The molecule has 1 aromatic rings. The molecule has 0 radical (unpaired) electrons. The summed E-state index contributed by atoms with van der Waals surface area (Å²) in [6, 6.07) is 3.35. The van der Waals surface area contributed by atoms with Crippen molar-refractivity contribution in [2.45, 2.75) is 23.8 Å². The van der Waals surface area contributed by atoms with Gasteiger partial charge in [-0.3, -0.25) is 10.1 Å². The Labute approximate surface area is 121 Å². The van der Waals surface area contributed by atoms with Gasteiger partial charge in [0.25, 0.3) is 5.69 Å². The van der Waals surface area contributed by atoms with E-state index in [0.717, 1.165) is 6.07 Å². The number of nitrogens with one attached hydrogen (secondary N) is 2. The summed E-state index contributed by atoms with van der Waals surface area (Å²) in [4.78, 5) is 9.80. The summed E-state index contributed by atoms with van der Waals surface area (Å²) in [7, 11) is -3.92. The molecule has 2 N–H and O–H groups in total. The van der Waals surface area contributed by atoms with E-state index in [0.29, 0.717) is 19.5 Å². The van der Waals surface area contributed by atoms with Gasteiger partial charge in [0.2, 0.25) is 10.0 Å². The number of sulfonamides is 1. The molecule has 0 aromatic heterocycles. The van der Waals surface area contributed by atoms with Crippen LogP contribution in [0.5, 0.6) is 0 Å². The van der Waals surface area contributed by atoms with E-state index in [4.69, 9.17) is 11.6 Å². The minimum absolute atomic E-state index is 0.0438. The summed E-state index contributed by atoms with van der Waals surface area (Å²) in [5, 5.41) is 13.8. The van der Waals surface area contributed by atoms with Crippen LogP contribution in [0.2, 0.25) is 5.02 Å². The van der Waals surface area contributed by atoms with Gasteiger partial charge in [0.1, 0.15) is 4.90 Å². The summed E-state index contributed by atoms with van der Waals surface area (Å²) >= 11 is 5.86. The lowest BCUT2D eigenvalue weighted by Crippen LogP contribution is -2.47. The van der Waals surface area contributed by atoms with Gasteiger partial charge in [-0.25, -0.2) is 13.1 Å². The van der Waals surface area contributed by atoms with Gasteiger partial charge in [-0.15, -0.1) is 0 Å². The molecule has 2 rings (SSSR count). The number of hydrogen-bond acceptors (Lipinski definition) is 5. The van der Waals surface area contributed by atoms with Crippen molar-refractivity contribution in [3.63, 3.8) is 0 Å². The topological polar surface area (TPSA) is 101 Å². The molecular weight excluding hydrogens is 306 g/mol. The van der Waals surface area contributed by atoms with E-state index in [1.807, 2.05) is 0 Å². The summed E-state index contributed by atoms with van der Waals surface area (Å²) in [5.41, 5.74) is -0.934. The molecule has 0 amide bonds. The average molecular weight is 320 g/mol. The van der Waals surface area contributed by atoms with Gasteiger partial charge in [-0.05, 0) is 26.0 Å². The lowest BCUT2D eigenvalue weighted by molar-refractivity contribution is -0.385.